The topological polar surface area (TPSA) is 103 Å². The Kier molecular flexibility index (Phi) is 7.78. The Bertz CT molecular complexity index is 968. The highest BCUT2D eigenvalue weighted by Crippen LogP contribution is 2.74. The Morgan fingerprint density at radius 3 is 2.55 bits per heavy atom. The molecule has 13 heteroatoms. The van der Waals surface area contributed by atoms with Crippen molar-refractivity contribution in [3.05, 3.63) is 32.6 Å². The highest BCUT2D eigenvalue weighted by molar-refractivity contribution is 9.00. The lowest BCUT2D eigenvalue weighted by Crippen LogP contribution is -2.50. The van der Waals surface area contributed by atoms with Gasteiger partial charge in [-0.15, -0.1) is 0 Å². The number of nitrogens with zero attached hydrogens (tertiary/aromatic N) is 1. The number of H-pyrrole nitrogens is 1. The molecule has 3 heterocycles. The molecule has 2 aliphatic heterocycles. The van der Waals surface area contributed by atoms with Gasteiger partial charge in [0.1, 0.15) is 18.3 Å². The lowest BCUT2D eigenvalue weighted by atomic mass is 10.1. The average Bonchev–Trinajstić information content (AvgIpc) is 3.21. The number of aliphatic hydroxyl groups excluding tert-OH is 1. The Hall–Kier alpha value is 0.0869. The maximum atomic E-state index is 12.4. The van der Waals surface area contributed by atoms with Gasteiger partial charge in [-0.1, -0.05) is 43.5 Å². The van der Waals surface area contributed by atoms with Gasteiger partial charge in [-0.05, 0) is 36.9 Å². The summed E-state index contributed by atoms with van der Waals surface area (Å²) in [6.07, 6.45) is -1.95. The quantitative estimate of drug-likeness (QED) is 0.427. The molecule has 8 nitrogen and oxygen atoms in total. The second-order valence-corrected chi connectivity index (χ2v) is 24.8. The molecule has 0 aliphatic carbocycles. The summed E-state index contributed by atoms with van der Waals surface area (Å²) in [7, 11) is -2.26. The van der Waals surface area contributed by atoms with Crippen molar-refractivity contribution in [1.82, 2.24) is 9.55 Å². The number of hydrogen-bond acceptors (Lipinski definition) is 9. The highest BCUT2D eigenvalue weighted by atomic mass is 33.2. The van der Waals surface area contributed by atoms with E-state index < -0.39 is 48.8 Å². The zero-order valence-corrected chi connectivity index (χ0v) is 23.0. The molecule has 176 valence electrons. The van der Waals surface area contributed by atoms with Crippen molar-refractivity contribution in [2.45, 2.75) is 70.4 Å². The number of ether oxygens (including phenoxy) is 1. The summed E-state index contributed by atoms with van der Waals surface area (Å²) in [5.41, 5.74) is -0.747. The molecule has 2 N–H and O–H groups in total. The Morgan fingerprint density at radius 1 is 1.35 bits per heavy atom. The van der Waals surface area contributed by atoms with Crippen LogP contribution in [0.3, 0.4) is 0 Å². The summed E-state index contributed by atoms with van der Waals surface area (Å²) in [5, 5.41) is 11.1. The van der Waals surface area contributed by atoms with Crippen LogP contribution in [-0.2, 0) is 25.5 Å². The summed E-state index contributed by atoms with van der Waals surface area (Å²) in [6.45, 7) is 12.3. The largest absolute Gasteiger partial charge is 0.408 e. The summed E-state index contributed by atoms with van der Waals surface area (Å²) in [6, 6.07) is 0. The van der Waals surface area contributed by atoms with Crippen LogP contribution in [0, 0.1) is 6.92 Å². The van der Waals surface area contributed by atoms with Crippen LogP contribution in [0.25, 0.3) is 0 Å². The average molecular weight is 527 g/mol. The standard InChI is InChI=1S/C18H31N2O6PS3Si/c1-11-9-20(17(23)19-15(11)22)16-13(21)14(26-31(5,6)18(2,3)4)12(25-16)10-24-27(28)29-7-8-30-27/h9,12-14,16,21H,7-8,10H2,1-6H3,(H,19,22,23)/t12-,13-,14-,16-/m1/s1. The molecule has 0 aromatic carbocycles. The van der Waals surface area contributed by atoms with Gasteiger partial charge < -0.3 is 18.8 Å². The van der Waals surface area contributed by atoms with Gasteiger partial charge in [-0.25, -0.2) is 4.79 Å². The van der Waals surface area contributed by atoms with E-state index in [-0.39, 0.29) is 11.6 Å². The fourth-order valence-corrected chi connectivity index (χ4v) is 13.3. The Balaban J connectivity index is 1.90. The van der Waals surface area contributed by atoms with Crippen LogP contribution in [-0.4, -0.2) is 59.4 Å². The second kappa shape index (κ2) is 9.38. The lowest BCUT2D eigenvalue weighted by Gasteiger charge is -2.40. The first kappa shape index (κ1) is 25.7. The van der Waals surface area contributed by atoms with Crippen LogP contribution < -0.4 is 11.2 Å². The van der Waals surface area contributed by atoms with E-state index in [1.54, 1.807) is 29.7 Å². The van der Waals surface area contributed by atoms with Gasteiger partial charge in [0.25, 0.3) is 5.56 Å². The van der Waals surface area contributed by atoms with Crippen molar-refractivity contribution in [2.24, 2.45) is 0 Å². The molecular weight excluding hydrogens is 495 g/mol. The summed E-state index contributed by atoms with van der Waals surface area (Å²) in [5.74, 6) is 1.93. The summed E-state index contributed by atoms with van der Waals surface area (Å²) in [4.78, 5) is 26.5. The molecule has 1 aromatic heterocycles. The van der Waals surface area contributed by atoms with Gasteiger partial charge in [0.05, 0.1) is 6.61 Å². The van der Waals surface area contributed by atoms with E-state index in [0.717, 1.165) is 11.5 Å². The predicted octanol–water partition coefficient (Wildman–Crippen LogP) is 3.21. The van der Waals surface area contributed by atoms with Crippen molar-refractivity contribution < 1.29 is 18.8 Å². The number of nitrogens with one attached hydrogen (secondary N) is 1. The molecule has 0 unspecified atom stereocenters. The van der Waals surface area contributed by atoms with E-state index in [2.05, 4.69) is 38.8 Å². The number of hydrogen-bond donors (Lipinski definition) is 2. The van der Waals surface area contributed by atoms with E-state index in [1.165, 1.54) is 10.8 Å². The molecule has 2 saturated heterocycles. The van der Waals surface area contributed by atoms with Crippen molar-refractivity contribution in [1.29, 1.82) is 0 Å². The molecule has 0 bridgehead atoms. The minimum absolute atomic E-state index is 0.0784. The molecule has 4 atom stereocenters. The Labute approximate surface area is 196 Å². The third-order valence-corrected chi connectivity index (χ3v) is 20.3. The van der Waals surface area contributed by atoms with Crippen LogP contribution in [0.5, 0.6) is 0 Å². The predicted molar refractivity (Wildman–Crippen MR) is 133 cm³/mol. The number of aromatic nitrogens is 2. The first-order valence-corrected chi connectivity index (χ1v) is 18.9. The minimum Gasteiger partial charge on any atom is -0.408 e. The summed E-state index contributed by atoms with van der Waals surface area (Å²) < 4.78 is 18.0. The number of aromatic amines is 1. The van der Waals surface area contributed by atoms with E-state index in [9.17, 15) is 14.7 Å². The van der Waals surface area contributed by atoms with Gasteiger partial charge in [0.2, 0.25) is 0 Å². The first-order valence-electron chi connectivity index (χ1n) is 10.1. The van der Waals surface area contributed by atoms with E-state index in [4.69, 9.17) is 25.5 Å². The van der Waals surface area contributed by atoms with Gasteiger partial charge in [-0.2, -0.15) is 0 Å². The zero-order chi connectivity index (χ0) is 23.2. The van der Waals surface area contributed by atoms with E-state index >= 15 is 0 Å². The number of rotatable bonds is 6. The lowest BCUT2D eigenvalue weighted by molar-refractivity contribution is -0.0500. The van der Waals surface area contributed by atoms with Crippen LogP contribution >= 0.6 is 27.4 Å². The van der Waals surface area contributed by atoms with Crippen LogP contribution in [0.2, 0.25) is 18.1 Å². The monoisotopic (exact) mass is 526 g/mol. The van der Waals surface area contributed by atoms with Crippen LogP contribution in [0.15, 0.2) is 15.8 Å². The third-order valence-electron chi connectivity index (χ3n) is 5.95. The number of aliphatic hydroxyl groups is 1. The molecule has 3 rings (SSSR count). The molecule has 0 amide bonds. The fourth-order valence-electron chi connectivity index (χ4n) is 3.10. The smallest absolute Gasteiger partial charge is 0.330 e. The molecule has 0 spiro atoms. The third kappa shape index (κ3) is 5.60. The first-order chi connectivity index (χ1) is 14.2. The molecule has 2 fully saturated rings. The van der Waals surface area contributed by atoms with Crippen molar-refractivity contribution in [2.75, 3.05) is 18.1 Å². The molecule has 31 heavy (non-hydrogen) atoms. The zero-order valence-electron chi connectivity index (χ0n) is 18.6. The van der Waals surface area contributed by atoms with Crippen LogP contribution in [0.4, 0.5) is 0 Å². The molecular formula is C18H31N2O6PS3Si. The number of aryl methyl sites for hydroxylation is 1. The maximum Gasteiger partial charge on any atom is 0.330 e. The van der Waals surface area contributed by atoms with Gasteiger partial charge in [-0.3, -0.25) is 14.3 Å². The minimum atomic E-state index is -2.26. The van der Waals surface area contributed by atoms with E-state index in [0.29, 0.717) is 5.56 Å². The molecule has 2 aliphatic rings. The second-order valence-electron chi connectivity index (χ2n) is 9.29. The SMILES string of the molecule is Cc1cn([C@@H]2O[C@H](COP3(=S)SCCS3)[C@@H](O[Si](C)(C)C(C)(C)C)[C@H]2O)c(=O)[nH]c1=O. The van der Waals surface area contributed by atoms with Gasteiger partial charge in [0.15, 0.2) is 19.2 Å². The molecule has 0 radical (unpaired) electrons. The fraction of sp³-hybridized carbons (Fsp3) is 0.778. The molecule has 1 aromatic rings. The molecule has 0 saturated carbocycles. The van der Waals surface area contributed by atoms with Crippen molar-refractivity contribution in [3.63, 3.8) is 0 Å². The van der Waals surface area contributed by atoms with Gasteiger partial charge >= 0.3 is 5.69 Å². The van der Waals surface area contributed by atoms with Crippen molar-refractivity contribution in [3.8, 4) is 0 Å². The van der Waals surface area contributed by atoms with Gasteiger partial charge in [0, 0.05) is 23.3 Å². The summed E-state index contributed by atoms with van der Waals surface area (Å²) >= 11 is 9.03. The van der Waals surface area contributed by atoms with Crippen molar-refractivity contribution >= 4 is 47.6 Å². The van der Waals surface area contributed by atoms with E-state index in [1.807, 2.05) is 0 Å². The Morgan fingerprint density at radius 2 is 1.97 bits per heavy atom. The normalized spacial score (nSPS) is 28.9. The highest BCUT2D eigenvalue weighted by Gasteiger charge is 2.51. The van der Waals surface area contributed by atoms with Crippen LogP contribution in [0.1, 0.15) is 32.6 Å². The maximum absolute atomic E-state index is 12.4.